The van der Waals surface area contributed by atoms with Crippen molar-refractivity contribution in [3.8, 4) is 56.0 Å². The lowest BCUT2D eigenvalue weighted by atomic mass is 9.91. The molecule has 0 aliphatic heterocycles. The highest BCUT2D eigenvalue weighted by Crippen LogP contribution is 2.48. The topological polar surface area (TPSA) is 38.7 Å². The summed E-state index contributed by atoms with van der Waals surface area (Å²) in [5.41, 5.74) is 11.2. The van der Waals surface area contributed by atoms with E-state index in [9.17, 15) is 0 Å². The zero-order chi connectivity index (χ0) is 25.1. The van der Waals surface area contributed by atoms with E-state index in [1.807, 2.05) is 30.6 Å². The maximum Gasteiger partial charge on any atom is 0.161 e. The first-order valence-electron chi connectivity index (χ1n) is 12.8. The van der Waals surface area contributed by atoms with Gasteiger partial charge in [-0.2, -0.15) is 0 Å². The van der Waals surface area contributed by atoms with Gasteiger partial charge in [0.25, 0.3) is 0 Å². The molecule has 38 heavy (non-hydrogen) atoms. The summed E-state index contributed by atoms with van der Waals surface area (Å²) in [4.78, 5) is 14.8. The molecule has 0 atom stereocenters. The van der Waals surface area contributed by atoms with Gasteiger partial charge in [-0.05, 0) is 56.8 Å². The molecule has 3 nitrogen and oxygen atoms in total. The van der Waals surface area contributed by atoms with Crippen molar-refractivity contribution in [2.75, 3.05) is 0 Å². The average molecular weight is 484 g/mol. The van der Waals surface area contributed by atoms with Crippen LogP contribution in [0.4, 0.5) is 0 Å². The quantitative estimate of drug-likeness (QED) is 0.246. The molecule has 0 saturated heterocycles. The van der Waals surface area contributed by atoms with E-state index >= 15 is 0 Å². The number of para-hydroxylation sites is 1. The van der Waals surface area contributed by atoms with Crippen molar-refractivity contribution in [1.29, 1.82) is 0 Å². The van der Waals surface area contributed by atoms with E-state index in [1.165, 1.54) is 33.2 Å². The van der Waals surface area contributed by atoms with E-state index < -0.39 is 0 Å². The molecule has 0 radical (unpaired) electrons. The summed E-state index contributed by atoms with van der Waals surface area (Å²) < 4.78 is 0. The van der Waals surface area contributed by atoms with Crippen LogP contribution in [0.1, 0.15) is 0 Å². The van der Waals surface area contributed by atoms with E-state index in [0.29, 0.717) is 0 Å². The first-order chi connectivity index (χ1) is 18.9. The van der Waals surface area contributed by atoms with E-state index in [0.717, 1.165) is 44.5 Å². The molecule has 1 aliphatic carbocycles. The Morgan fingerprint density at radius 1 is 0.421 bits per heavy atom. The summed E-state index contributed by atoms with van der Waals surface area (Å²) >= 11 is 0. The molecule has 2 aromatic heterocycles. The highest BCUT2D eigenvalue weighted by molar-refractivity contribution is 6.16. The first kappa shape index (κ1) is 21.0. The zero-order valence-corrected chi connectivity index (χ0v) is 20.5. The molecule has 7 aromatic rings. The summed E-state index contributed by atoms with van der Waals surface area (Å²) in [5.74, 6) is 0.732. The first-order valence-corrected chi connectivity index (χ1v) is 12.8. The lowest BCUT2D eigenvalue weighted by Crippen LogP contribution is -1.96. The fourth-order valence-electron chi connectivity index (χ4n) is 5.86. The van der Waals surface area contributed by atoms with Crippen LogP contribution in [-0.2, 0) is 0 Å². The van der Waals surface area contributed by atoms with Crippen LogP contribution in [0.3, 0.4) is 0 Å². The predicted molar refractivity (Wildman–Crippen MR) is 156 cm³/mol. The van der Waals surface area contributed by atoms with Crippen LogP contribution in [0.25, 0.3) is 77.7 Å². The number of fused-ring (bicyclic) bond motifs is 6. The highest BCUT2D eigenvalue weighted by Gasteiger charge is 2.23. The minimum absolute atomic E-state index is 0.732. The zero-order valence-electron chi connectivity index (χ0n) is 20.5. The maximum atomic E-state index is 5.18. The molecule has 176 valence electrons. The second kappa shape index (κ2) is 8.19. The SMILES string of the molecule is c1ccc(-c2nc(-c3ccc4c5c(cccc35)-c3ccccc3-c3ccncc3-4)nc3ccccc23)cc1. The minimum atomic E-state index is 0.732. The Morgan fingerprint density at radius 2 is 1.08 bits per heavy atom. The van der Waals surface area contributed by atoms with Crippen molar-refractivity contribution in [3.05, 3.63) is 128 Å². The van der Waals surface area contributed by atoms with Crippen LogP contribution in [0.15, 0.2) is 128 Å². The number of aromatic nitrogens is 3. The molecule has 0 saturated carbocycles. The van der Waals surface area contributed by atoms with Crippen molar-refractivity contribution in [1.82, 2.24) is 15.0 Å². The summed E-state index contributed by atoms with van der Waals surface area (Å²) in [6.07, 6.45) is 3.87. The number of nitrogens with zero attached hydrogens (tertiary/aromatic N) is 3. The van der Waals surface area contributed by atoms with E-state index in [4.69, 9.17) is 9.97 Å². The molecule has 0 bridgehead atoms. The number of rotatable bonds is 2. The van der Waals surface area contributed by atoms with Gasteiger partial charge in [-0.3, -0.25) is 4.98 Å². The summed E-state index contributed by atoms with van der Waals surface area (Å²) in [5, 5.41) is 3.40. The van der Waals surface area contributed by atoms with Gasteiger partial charge in [0.1, 0.15) is 0 Å². The van der Waals surface area contributed by atoms with Gasteiger partial charge in [0.2, 0.25) is 0 Å². The second-order valence-electron chi connectivity index (χ2n) is 9.63. The molecule has 0 unspecified atom stereocenters. The number of hydrogen-bond acceptors (Lipinski definition) is 3. The third kappa shape index (κ3) is 3.06. The summed E-state index contributed by atoms with van der Waals surface area (Å²) in [6, 6.07) is 40.4. The van der Waals surface area contributed by atoms with Gasteiger partial charge >= 0.3 is 0 Å². The Labute approximate surface area is 220 Å². The van der Waals surface area contributed by atoms with E-state index in [2.05, 4.69) is 102 Å². The smallest absolute Gasteiger partial charge is 0.161 e. The Bertz CT molecular complexity index is 1970. The molecule has 2 heterocycles. The number of pyridine rings is 1. The molecule has 0 fully saturated rings. The van der Waals surface area contributed by atoms with E-state index in [-0.39, 0.29) is 0 Å². The van der Waals surface area contributed by atoms with Gasteiger partial charge < -0.3 is 0 Å². The molecule has 1 aliphatic rings. The summed E-state index contributed by atoms with van der Waals surface area (Å²) in [6.45, 7) is 0. The fourth-order valence-corrected chi connectivity index (χ4v) is 5.86. The molecule has 5 aromatic carbocycles. The van der Waals surface area contributed by atoms with Crippen molar-refractivity contribution in [2.24, 2.45) is 0 Å². The highest BCUT2D eigenvalue weighted by atomic mass is 14.9. The third-order valence-corrected chi connectivity index (χ3v) is 7.55. The Hall–Kier alpha value is -5.15. The molecule has 8 rings (SSSR count). The standard InChI is InChI=1S/C35H21N3/c1-2-9-22(10-3-1)34-30-13-6-7-16-32(30)37-35(38-34)29-18-17-28-31-21-36-20-19-25(31)23-11-4-5-12-24(23)26-14-8-15-27(29)33(26)28/h1-21H. The van der Waals surface area contributed by atoms with Crippen LogP contribution in [0.2, 0.25) is 0 Å². The molecule has 3 heteroatoms. The summed E-state index contributed by atoms with van der Waals surface area (Å²) in [7, 11) is 0. The van der Waals surface area contributed by atoms with Crippen molar-refractivity contribution < 1.29 is 0 Å². The van der Waals surface area contributed by atoms with Gasteiger partial charge in [0.15, 0.2) is 5.82 Å². The van der Waals surface area contributed by atoms with Crippen molar-refractivity contribution >= 4 is 21.7 Å². The van der Waals surface area contributed by atoms with Gasteiger partial charge in [0, 0.05) is 34.5 Å². The van der Waals surface area contributed by atoms with Gasteiger partial charge in [-0.15, -0.1) is 0 Å². The number of benzene rings is 5. The fraction of sp³-hybridized carbons (Fsp3) is 0. The average Bonchev–Trinajstić information content (AvgIpc) is 3.11. The molecule has 0 amide bonds. The largest absolute Gasteiger partial charge is 0.264 e. The van der Waals surface area contributed by atoms with Gasteiger partial charge in [0.05, 0.1) is 11.2 Å². The molecular formula is C35H21N3. The second-order valence-corrected chi connectivity index (χ2v) is 9.63. The molecule has 0 spiro atoms. The lowest BCUT2D eigenvalue weighted by Gasteiger charge is -2.15. The lowest BCUT2D eigenvalue weighted by molar-refractivity contribution is 1.23. The van der Waals surface area contributed by atoms with Crippen molar-refractivity contribution in [2.45, 2.75) is 0 Å². The third-order valence-electron chi connectivity index (χ3n) is 7.55. The minimum Gasteiger partial charge on any atom is -0.264 e. The number of hydrogen-bond donors (Lipinski definition) is 0. The Balaban J connectivity index is 1.47. The molecular weight excluding hydrogens is 462 g/mol. The Morgan fingerprint density at radius 3 is 1.97 bits per heavy atom. The van der Waals surface area contributed by atoms with Crippen LogP contribution >= 0.6 is 0 Å². The monoisotopic (exact) mass is 483 g/mol. The maximum absolute atomic E-state index is 5.18. The van der Waals surface area contributed by atoms with Gasteiger partial charge in [-0.25, -0.2) is 9.97 Å². The Kier molecular flexibility index (Phi) is 4.52. The van der Waals surface area contributed by atoms with Crippen LogP contribution in [0.5, 0.6) is 0 Å². The van der Waals surface area contributed by atoms with Crippen LogP contribution in [-0.4, -0.2) is 15.0 Å². The van der Waals surface area contributed by atoms with Crippen molar-refractivity contribution in [3.63, 3.8) is 0 Å². The molecule has 0 N–H and O–H groups in total. The normalized spacial score (nSPS) is 11.7. The van der Waals surface area contributed by atoms with Crippen LogP contribution in [0, 0.1) is 0 Å². The van der Waals surface area contributed by atoms with Gasteiger partial charge in [-0.1, -0.05) is 97.1 Å². The van der Waals surface area contributed by atoms with E-state index in [1.54, 1.807) is 0 Å². The predicted octanol–water partition coefficient (Wildman–Crippen LogP) is 8.83. The van der Waals surface area contributed by atoms with Crippen LogP contribution < -0.4 is 0 Å².